The number of fused-ring (bicyclic) bond motifs is 2. The highest BCUT2D eigenvalue weighted by atomic mass is 16.5. The summed E-state index contributed by atoms with van der Waals surface area (Å²) in [5.41, 5.74) is 4.56. The molecule has 0 spiro atoms. The molecular weight excluding hydrogens is 464 g/mol. The summed E-state index contributed by atoms with van der Waals surface area (Å²) in [5, 5.41) is 6.81. The molecule has 37 heavy (non-hydrogen) atoms. The van der Waals surface area contributed by atoms with Gasteiger partial charge in [-0.1, -0.05) is 25.2 Å². The van der Waals surface area contributed by atoms with Gasteiger partial charge in [-0.3, -0.25) is 0 Å². The van der Waals surface area contributed by atoms with Crippen LogP contribution in [0.3, 0.4) is 0 Å². The van der Waals surface area contributed by atoms with Gasteiger partial charge in [0.05, 0.1) is 29.1 Å². The fraction of sp³-hybridized carbons (Fsp3) is 0.250. The largest absolute Gasteiger partial charge is 0.456 e. The molecule has 9 heteroatoms. The molecular formula is C28H26N8O. The Hall–Kier alpha value is -4.71. The van der Waals surface area contributed by atoms with E-state index in [1.165, 1.54) is 25.6 Å². The number of imidazole rings is 1. The first-order valence-corrected chi connectivity index (χ1v) is 12.4. The monoisotopic (exact) mass is 490 g/mol. The Balaban J connectivity index is 1.25. The molecule has 0 atom stereocenters. The van der Waals surface area contributed by atoms with Crippen molar-refractivity contribution >= 4 is 39.5 Å². The lowest BCUT2D eigenvalue weighted by molar-refractivity contribution is 0.461. The Morgan fingerprint density at radius 3 is 2.76 bits per heavy atom. The van der Waals surface area contributed by atoms with Gasteiger partial charge in [0.1, 0.15) is 28.9 Å². The van der Waals surface area contributed by atoms with E-state index in [-0.39, 0.29) is 0 Å². The smallest absolute Gasteiger partial charge is 0.223 e. The van der Waals surface area contributed by atoms with Gasteiger partial charge < -0.3 is 19.9 Å². The van der Waals surface area contributed by atoms with Gasteiger partial charge in [-0.15, -0.1) is 6.42 Å². The SMILES string of the molecule is C#Cc1cc(Nc2ncnc3cnc(NC4CCCCC4)nc23)ccc1Oc1ccc2c(c1)ncn2C. The molecule has 6 rings (SSSR count). The molecule has 0 saturated heterocycles. The fourth-order valence-corrected chi connectivity index (χ4v) is 4.70. The number of rotatable bonds is 6. The molecule has 9 nitrogen and oxygen atoms in total. The van der Waals surface area contributed by atoms with Gasteiger partial charge in [0.25, 0.3) is 0 Å². The van der Waals surface area contributed by atoms with Crippen molar-refractivity contribution in [2.24, 2.45) is 7.05 Å². The van der Waals surface area contributed by atoms with Gasteiger partial charge in [0.2, 0.25) is 5.95 Å². The molecule has 1 fully saturated rings. The number of ether oxygens (including phenoxy) is 1. The lowest BCUT2D eigenvalue weighted by Gasteiger charge is -2.22. The number of nitrogens with one attached hydrogen (secondary N) is 2. The van der Waals surface area contributed by atoms with Crippen molar-refractivity contribution < 1.29 is 4.74 Å². The zero-order valence-electron chi connectivity index (χ0n) is 20.5. The van der Waals surface area contributed by atoms with Crippen LogP contribution in [0, 0.1) is 12.3 Å². The third kappa shape index (κ3) is 4.74. The Bertz CT molecular complexity index is 1630. The molecule has 184 valence electrons. The standard InChI is InChI=1S/C28H26N8O/c1-3-18-13-20(9-12-25(18)37-21-10-11-24-22(14-21)32-17-36(24)2)33-27-26-23(30-16-31-27)15-29-28(35-26)34-19-7-5-4-6-8-19/h1,9-17,19H,4-8H2,2H3,(H,29,34,35)(H,30,31,33). The molecule has 0 bridgehead atoms. The van der Waals surface area contributed by atoms with Crippen molar-refractivity contribution in [1.29, 1.82) is 0 Å². The quantitative estimate of drug-likeness (QED) is 0.298. The maximum Gasteiger partial charge on any atom is 0.223 e. The summed E-state index contributed by atoms with van der Waals surface area (Å²) >= 11 is 0. The molecule has 3 aromatic heterocycles. The van der Waals surface area contributed by atoms with E-state index in [4.69, 9.17) is 16.1 Å². The first-order valence-electron chi connectivity index (χ1n) is 12.4. The topological polar surface area (TPSA) is 103 Å². The third-order valence-corrected chi connectivity index (χ3v) is 6.64. The fourth-order valence-electron chi connectivity index (χ4n) is 4.70. The van der Waals surface area contributed by atoms with Crippen molar-refractivity contribution in [3.63, 3.8) is 0 Å². The number of hydrogen-bond acceptors (Lipinski definition) is 8. The second-order valence-corrected chi connectivity index (χ2v) is 9.22. The van der Waals surface area contributed by atoms with E-state index in [1.807, 2.05) is 48.0 Å². The van der Waals surface area contributed by atoms with E-state index >= 15 is 0 Å². The van der Waals surface area contributed by atoms with Gasteiger partial charge in [-0.2, -0.15) is 0 Å². The number of anilines is 3. The predicted molar refractivity (Wildman–Crippen MR) is 144 cm³/mol. The molecule has 2 aromatic carbocycles. The first kappa shape index (κ1) is 22.7. The van der Waals surface area contributed by atoms with Crippen molar-refractivity contribution in [3.8, 4) is 23.8 Å². The minimum absolute atomic E-state index is 0.399. The van der Waals surface area contributed by atoms with Crippen LogP contribution in [0.4, 0.5) is 17.5 Å². The molecule has 0 radical (unpaired) electrons. The van der Waals surface area contributed by atoms with Gasteiger partial charge >= 0.3 is 0 Å². The van der Waals surface area contributed by atoms with Crippen LogP contribution in [0.1, 0.15) is 37.7 Å². The number of hydrogen-bond donors (Lipinski definition) is 2. The maximum absolute atomic E-state index is 6.11. The Kier molecular flexibility index (Phi) is 5.98. The zero-order chi connectivity index (χ0) is 25.2. The van der Waals surface area contributed by atoms with Crippen LogP contribution in [0.15, 0.2) is 55.2 Å². The van der Waals surface area contributed by atoms with Crippen LogP contribution in [0.2, 0.25) is 0 Å². The maximum atomic E-state index is 6.11. The van der Waals surface area contributed by atoms with Crippen LogP contribution >= 0.6 is 0 Å². The number of terminal acetylenes is 1. The third-order valence-electron chi connectivity index (χ3n) is 6.64. The van der Waals surface area contributed by atoms with Crippen molar-refractivity contribution in [1.82, 2.24) is 29.5 Å². The molecule has 5 aromatic rings. The minimum Gasteiger partial charge on any atom is -0.456 e. The van der Waals surface area contributed by atoms with E-state index in [2.05, 4.69) is 36.5 Å². The van der Waals surface area contributed by atoms with E-state index in [0.29, 0.717) is 45.9 Å². The van der Waals surface area contributed by atoms with Gasteiger partial charge in [-0.25, -0.2) is 24.9 Å². The van der Waals surface area contributed by atoms with Crippen molar-refractivity contribution in [2.45, 2.75) is 38.1 Å². The van der Waals surface area contributed by atoms with Crippen molar-refractivity contribution in [2.75, 3.05) is 10.6 Å². The summed E-state index contributed by atoms with van der Waals surface area (Å²) in [6.45, 7) is 0. The van der Waals surface area contributed by atoms with E-state index in [9.17, 15) is 0 Å². The molecule has 3 heterocycles. The van der Waals surface area contributed by atoms with Crippen LogP contribution in [0.5, 0.6) is 11.5 Å². The molecule has 0 unspecified atom stereocenters. The molecule has 2 N–H and O–H groups in total. The lowest BCUT2D eigenvalue weighted by Crippen LogP contribution is -2.23. The molecule has 1 saturated carbocycles. The second-order valence-electron chi connectivity index (χ2n) is 9.22. The van der Waals surface area contributed by atoms with E-state index in [1.54, 1.807) is 12.5 Å². The Morgan fingerprint density at radius 2 is 1.89 bits per heavy atom. The average molecular weight is 491 g/mol. The molecule has 0 aliphatic heterocycles. The highest BCUT2D eigenvalue weighted by molar-refractivity contribution is 5.87. The number of benzene rings is 2. The van der Waals surface area contributed by atoms with Crippen LogP contribution < -0.4 is 15.4 Å². The number of aromatic nitrogens is 6. The van der Waals surface area contributed by atoms with Crippen LogP contribution in [0.25, 0.3) is 22.1 Å². The molecule has 1 aliphatic carbocycles. The van der Waals surface area contributed by atoms with Crippen molar-refractivity contribution in [3.05, 3.63) is 60.8 Å². The lowest BCUT2D eigenvalue weighted by atomic mass is 9.96. The van der Waals surface area contributed by atoms with Gasteiger partial charge in [0.15, 0.2) is 5.82 Å². The predicted octanol–water partition coefficient (Wildman–Crippen LogP) is 5.57. The molecule has 1 aliphatic rings. The van der Waals surface area contributed by atoms with E-state index in [0.717, 1.165) is 29.6 Å². The average Bonchev–Trinajstić information content (AvgIpc) is 3.30. The van der Waals surface area contributed by atoms with Gasteiger partial charge in [0, 0.05) is 24.8 Å². The van der Waals surface area contributed by atoms with E-state index < -0.39 is 0 Å². The zero-order valence-corrected chi connectivity index (χ0v) is 20.5. The van der Waals surface area contributed by atoms with Crippen LogP contribution in [-0.2, 0) is 7.05 Å². The number of nitrogens with zero attached hydrogens (tertiary/aromatic N) is 6. The molecule has 0 amide bonds. The summed E-state index contributed by atoms with van der Waals surface area (Å²) in [7, 11) is 1.96. The Labute approximate surface area is 214 Å². The summed E-state index contributed by atoms with van der Waals surface area (Å²) in [6, 6.07) is 11.8. The summed E-state index contributed by atoms with van der Waals surface area (Å²) in [6.07, 6.45) is 16.9. The minimum atomic E-state index is 0.399. The van der Waals surface area contributed by atoms with Gasteiger partial charge in [-0.05, 0) is 43.2 Å². The summed E-state index contributed by atoms with van der Waals surface area (Å²) in [5.74, 6) is 5.14. The highest BCUT2D eigenvalue weighted by Gasteiger charge is 2.16. The summed E-state index contributed by atoms with van der Waals surface area (Å²) < 4.78 is 8.07. The Morgan fingerprint density at radius 1 is 1.00 bits per heavy atom. The first-order chi connectivity index (χ1) is 18.2. The highest BCUT2D eigenvalue weighted by Crippen LogP contribution is 2.31. The van der Waals surface area contributed by atoms with Crippen LogP contribution in [-0.4, -0.2) is 35.5 Å². The number of aryl methyl sites for hydroxylation is 1. The normalized spacial score (nSPS) is 13.9. The summed E-state index contributed by atoms with van der Waals surface area (Å²) in [4.78, 5) is 22.3. The second kappa shape index (κ2) is 9.74.